The van der Waals surface area contributed by atoms with Crippen molar-refractivity contribution in [3.05, 3.63) is 78.8 Å². The van der Waals surface area contributed by atoms with Gasteiger partial charge in [-0.25, -0.2) is 0 Å². The molecule has 0 saturated carbocycles. The maximum Gasteiger partial charge on any atom is 0.311 e. The highest BCUT2D eigenvalue weighted by molar-refractivity contribution is 5.90. The van der Waals surface area contributed by atoms with Crippen LogP contribution in [0.1, 0.15) is 18.4 Å². The van der Waals surface area contributed by atoms with E-state index in [2.05, 4.69) is 27.1 Å². The van der Waals surface area contributed by atoms with Crippen LogP contribution in [0.15, 0.2) is 73.2 Å². The lowest BCUT2D eigenvalue weighted by atomic mass is 10.0. The van der Waals surface area contributed by atoms with Gasteiger partial charge in [0.1, 0.15) is 5.75 Å². The van der Waals surface area contributed by atoms with Gasteiger partial charge in [0.2, 0.25) is 0 Å². The fourth-order valence-corrected chi connectivity index (χ4v) is 3.19. The Balaban J connectivity index is 1.50. The number of hydrogen-bond donors (Lipinski definition) is 1. The van der Waals surface area contributed by atoms with Crippen LogP contribution < -0.4 is 4.74 Å². The second-order valence-corrected chi connectivity index (χ2v) is 6.26. The second kappa shape index (κ2) is 7.83. The highest BCUT2D eigenvalue weighted by Crippen LogP contribution is 2.30. The molecular formula is C22H19N3O2. The van der Waals surface area contributed by atoms with Crippen LogP contribution in [0.2, 0.25) is 0 Å². The van der Waals surface area contributed by atoms with Crippen molar-refractivity contribution in [2.75, 3.05) is 0 Å². The molecule has 0 radical (unpaired) electrons. The summed E-state index contributed by atoms with van der Waals surface area (Å²) in [7, 11) is 0. The SMILES string of the molecule is O=C(CCCc1c(-c2ccccn2)[nH]c2ccccc12)Oc1cccnc1. The van der Waals surface area contributed by atoms with Crippen molar-refractivity contribution in [1.82, 2.24) is 15.0 Å². The predicted octanol–water partition coefficient (Wildman–Crippen LogP) is 4.55. The number of H-pyrrole nitrogens is 1. The second-order valence-electron chi connectivity index (χ2n) is 6.26. The summed E-state index contributed by atoms with van der Waals surface area (Å²) in [5.41, 5.74) is 4.17. The molecule has 0 fully saturated rings. The molecule has 1 aromatic carbocycles. The zero-order valence-electron chi connectivity index (χ0n) is 14.8. The number of aryl methyl sites for hydroxylation is 1. The number of carbonyl (C=O) groups is 1. The number of aromatic amines is 1. The topological polar surface area (TPSA) is 67.9 Å². The van der Waals surface area contributed by atoms with E-state index in [1.807, 2.05) is 30.3 Å². The molecule has 134 valence electrons. The third-order valence-corrected chi connectivity index (χ3v) is 4.41. The third kappa shape index (κ3) is 3.87. The average molecular weight is 357 g/mol. The molecule has 0 unspecified atom stereocenters. The van der Waals surface area contributed by atoms with Gasteiger partial charge in [-0.2, -0.15) is 0 Å². The van der Waals surface area contributed by atoms with Crippen molar-refractivity contribution >= 4 is 16.9 Å². The molecular weight excluding hydrogens is 338 g/mol. The van der Waals surface area contributed by atoms with Gasteiger partial charge in [0.25, 0.3) is 0 Å². The van der Waals surface area contributed by atoms with Crippen LogP contribution in [-0.2, 0) is 11.2 Å². The summed E-state index contributed by atoms with van der Waals surface area (Å²) in [6, 6.07) is 17.5. The van der Waals surface area contributed by atoms with E-state index in [1.54, 1.807) is 24.5 Å². The predicted molar refractivity (Wildman–Crippen MR) is 104 cm³/mol. The minimum atomic E-state index is -0.248. The number of carbonyl (C=O) groups excluding carboxylic acids is 1. The Labute approximate surface area is 157 Å². The van der Waals surface area contributed by atoms with E-state index in [4.69, 9.17) is 4.74 Å². The summed E-state index contributed by atoms with van der Waals surface area (Å²) in [5, 5.41) is 1.17. The Morgan fingerprint density at radius 3 is 2.70 bits per heavy atom. The lowest BCUT2D eigenvalue weighted by Crippen LogP contribution is -2.08. The normalized spacial score (nSPS) is 10.8. The summed E-state index contributed by atoms with van der Waals surface area (Å²) in [6.45, 7) is 0. The van der Waals surface area contributed by atoms with Crippen molar-refractivity contribution in [3.8, 4) is 17.1 Å². The van der Waals surface area contributed by atoms with E-state index in [0.717, 1.165) is 23.3 Å². The highest BCUT2D eigenvalue weighted by atomic mass is 16.5. The lowest BCUT2D eigenvalue weighted by Gasteiger charge is -2.06. The Bertz CT molecular complexity index is 1040. The largest absolute Gasteiger partial charge is 0.425 e. The van der Waals surface area contributed by atoms with Crippen LogP contribution in [-0.4, -0.2) is 20.9 Å². The van der Waals surface area contributed by atoms with Crippen LogP contribution in [0.3, 0.4) is 0 Å². The first-order chi connectivity index (χ1) is 13.3. The minimum absolute atomic E-state index is 0.248. The molecule has 27 heavy (non-hydrogen) atoms. The molecule has 0 saturated heterocycles. The van der Waals surface area contributed by atoms with Gasteiger partial charge in [0, 0.05) is 29.7 Å². The van der Waals surface area contributed by atoms with Gasteiger partial charge >= 0.3 is 5.97 Å². The number of aromatic nitrogens is 3. The number of ether oxygens (including phenoxy) is 1. The third-order valence-electron chi connectivity index (χ3n) is 4.41. The number of fused-ring (bicyclic) bond motifs is 1. The van der Waals surface area contributed by atoms with Crippen LogP contribution in [0.4, 0.5) is 0 Å². The van der Waals surface area contributed by atoms with Crippen LogP contribution in [0.25, 0.3) is 22.3 Å². The van der Waals surface area contributed by atoms with Crippen molar-refractivity contribution in [2.24, 2.45) is 0 Å². The van der Waals surface area contributed by atoms with Gasteiger partial charge in [-0.1, -0.05) is 24.3 Å². The van der Waals surface area contributed by atoms with Crippen molar-refractivity contribution in [2.45, 2.75) is 19.3 Å². The van der Waals surface area contributed by atoms with E-state index >= 15 is 0 Å². The number of benzene rings is 1. The molecule has 0 aliphatic rings. The van der Waals surface area contributed by atoms with Crippen molar-refractivity contribution in [1.29, 1.82) is 0 Å². The number of para-hydroxylation sites is 1. The van der Waals surface area contributed by atoms with Gasteiger partial charge in [-0.15, -0.1) is 0 Å². The molecule has 0 atom stereocenters. The Morgan fingerprint density at radius 2 is 1.89 bits per heavy atom. The molecule has 0 bridgehead atoms. The van der Waals surface area contributed by atoms with Gasteiger partial charge in [0.15, 0.2) is 0 Å². The van der Waals surface area contributed by atoms with Crippen LogP contribution in [0, 0.1) is 0 Å². The summed E-state index contributed by atoms with van der Waals surface area (Å²) in [4.78, 5) is 24.0. The van der Waals surface area contributed by atoms with Crippen molar-refractivity contribution in [3.63, 3.8) is 0 Å². The summed E-state index contributed by atoms with van der Waals surface area (Å²) >= 11 is 0. The Morgan fingerprint density at radius 1 is 1.00 bits per heavy atom. The molecule has 3 heterocycles. The first-order valence-corrected chi connectivity index (χ1v) is 8.93. The number of hydrogen-bond acceptors (Lipinski definition) is 4. The number of pyridine rings is 2. The molecule has 4 rings (SSSR count). The van der Waals surface area contributed by atoms with Gasteiger partial charge in [-0.05, 0) is 48.7 Å². The first-order valence-electron chi connectivity index (χ1n) is 8.93. The van der Waals surface area contributed by atoms with Crippen LogP contribution in [0.5, 0.6) is 5.75 Å². The number of nitrogens with zero attached hydrogens (tertiary/aromatic N) is 2. The quantitative estimate of drug-likeness (QED) is 0.514. The fraction of sp³-hybridized carbons (Fsp3) is 0.136. The molecule has 0 aliphatic heterocycles. The van der Waals surface area contributed by atoms with E-state index in [0.29, 0.717) is 18.6 Å². The number of rotatable bonds is 6. The van der Waals surface area contributed by atoms with E-state index in [9.17, 15) is 4.79 Å². The summed E-state index contributed by atoms with van der Waals surface area (Å²) in [5.74, 6) is 0.228. The zero-order valence-corrected chi connectivity index (χ0v) is 14.8. The van der Waals surface area contributed by atoms with Gasteiger partial charge in [-0.3, -0.25) is 14.8 Å². The average Bonchev–Trinajstić information content (AvgIpc) is 3.08. The van der Waals surface area contributed by atoms with Gasteiger partial charge < -0.3 is 9.72 Å². The van der Waals surface area contributed by atoms with Crippen LogP contribution >= 0.6 is 0 Å². The van der Waals surface area contributed by atoms with E-state index in [-0.39, 0.29) is 5.97 Å². The van der Waals surface area contributed by atoms with Gasteiger partial charge in [0.05, 0.1) is 17.6 Å². The van der Waals surface area contributed by atoms with E-state index < -0.39 is 0 Å². The molecule has 1 N–H and O–H groups in total. The molecule has 0 aliphatic carbocycles. The number of esters is 1. The standard InChI is InChI=1S/C22H19N3O2/c26-21(27-16-7-6-13-23-15-16)12-5-9-18-17-8-1-2-10-19(17)25-22(18)20-11-3-4-14-24-20/h1-4,6-8,10-11,13-15,25H,5,9,12H2. The van der Waals surface area contributed by atoms with Crippen molar-refractivity contribution < 1.29 is 9.53 Å². The lowest BCUT2D eigenvalue weighted by molar-refractivity contribution is -0.134. The zero-order chi connectivity index (χ0) is 18.5. The fourth-order valence-electron chi connectivity index (χ4n) is 3.19. The smallest absolute Gasteiger partial charge is 0.311 e. The Kier molecular flexibility index (Phi) is 4.92. The molecule has 5 nitrogen and oxygen atoms in total. The maximum atomic E-state index is 12.1. The Hall–Kier alpha value is -3.47. The molecule has 5 heteroatoms. The minimum Gasteiger partial charge on any atom is -0.425 e. The highest BCUT2D eigenvalue weighted by Gasteiger charge is 2.14. The number of nitrogens with one attached hydrogen (secondary N) is 1. The molecule has 3 aromatic heterocycles. The molecule has 4 aromatic rings. The summed E-state index contributed by atoms with van der Waals surface area (Å²) in [6.07, 6.45) is 6.77. The first kappa shape index (κ1) is 17.0. The molecule has 0 spiro atoms. The summed E-state index contributed by atoms with van der Waals surface area (Å²) < 4.78 is 5.31. The van der Waals surface area contributed by atoms with E-state index in [1.165, 1.54) is 17.1 Å². The molecule has 0 amide bonds. The monoisotopic (exact) mass is 357 g/mol. The maximum absolute atomic E-state index is 12.1.